The van der Waals surface area contributed by atoms with Crippen molar-refractivity contribution in [1.29, 1.82) is 0 Å². The van der Waals surface area contributed by atoms with Gasteiger partial charge in [-0.05, 0) is 106 Å². The second-order valence-corrected chi connectivity index (χ2v) is 7.97. The number of methoxy groups -OCH3 is 1. The number of aliphatic imine (C=N–C) groups is 1. The van der Waals surface area contributed by atoms with Crippen LogP contribution in [-0.4, -0.2) is 13.0 Å². The van der Waals surface area contributed by atoms with Gasteiger partial charge in [0.1, 0.15) is 5.75 Å². The van der Waals surface area contributed by atoms with Crippen molar-refractivity contribution in [2.24, 2.45) is 4.99 Å². The van der Waals surface area contributed by atoms with Gasteiger partial charge in [-0.3, -0.25) is 0 Å². The molecular formula is C21H17I2NO2. The molecule has 0 N–H and O–H groups in total. The number of aryl methyl sites for hydroxylation is 1. The first-order chi connectivity index (χ1) is 12.6. The average molecular weight is 569 g/mol. The van der Waals surface area contributed by atoms with Crippen LogP contribution in [0.2, 0.25) is 0 Å². The molecule has 0 saturated heterocycles. The highest BCUT2D eigenvalue weighted by atomic mass is 127. The summed E-state index contributed by atoms with van der Waals surface area (Å²) in [7, 11) is 1.65. The van der Waals surface area contributed by atoms with Crippen LogP contribution < -0.4 is 9.47 Å². The van der Waals surface area contributed by atoms with E-state index in [1.807, 2.05) is 54.6 Å². The first kappa shape index (κ1) is 19.2. The second-order valence-electron chi connectivity index (χ2n) is 5.64. The Kier molecular flexibility index (Phi) is 6.53. The third-order valence-corrected chi connectivity index (χ3v) is 5.27. The Labute approximate surface area is 180 Å². The molecule has 0 aliphatic heterocycles. The fraction of sp³-hybridized carbons (Fsp3) is 0.0952. The molecule has 26 heavy (non-hydrogen) atoms. The summed E-state index contributed by atoms with van der Waals surface area (Å²) >= 11 is 4.61. The number of nitrogens with zero attached hydrogens (tertiary/aromatic N) is 1. The Morgan fingerprint density at radius 2 is 1.50 bits per heavy atom. The van der Waals surface area contributed by atoms with Crippen LogP contribution in [0.5, 0.6) is 11.5 Å². The third kappa shape index (κ3) is 4.76. The minimum atomic E-state index is 0.565. The Balaban J connectivity index is 2.03. The Bertz CT molecular complexity index is 899. The van der Waals surface area contributed by atoms with Gasteiger partial charge in [-0.25, -0.2) is 4.99 Å². The number of ether oxygens (including phenoxy) is 2. The van der Waals surface area contributed by atoms with E-state index < -0.39 is 0 Å². The van der Waals surface area contributed by atoms with Crippen molar-refractivity contribution < 1.29 is 9.47 Å². The molecule has 3 rings (SSSR count). The Morgan fingerprint density at radius 1 is 0.885 bits per heavy atom. The maximum absolute atomic E-state index is 6.28. The highest BCUT2D eigenvalue weighted by Crippen LogP contribution is 2.30. The van der Waals surface area contributed by atoms with Crippen LogP contribution >= 0.6 is 45.2 Å². The average Bonchev–Trinajstić information content (AvgIpc) is 2.65. The van der Waals surface area contributed by atoms with Crippen molar-refractivity contribution >= 4 is 56.8 Å². The molecule has 3 nitrogen and oxygen atoms in total. The van der Waals surface area contributed by atoms with E-state index in [1.165, 1.54) is 5.56 Å². The normalized spacial score (nSPS) is 11.3. The summed E-state index contributed by atoms with van der Waals surface area (Å²) in [5, 5.41) is 0. The van der Waals surface area contributed by atoms with E-state index in [9.17, 15) is 0 Å². The van der Waals surface area contributed by atoms with E-state index >= 15 is 0 Å². The van der Waals surface area contributed by atoms with Gasteiger partial charge >= 0.3 is 0 Å². The fourth-order valence-electron chi connectivity index (χ4n) is 2.38. The van der Waals surface area contributed by atoms with Crippen molar-refractivity contribution in [2.75, 3.05) is 7.11 Å². The highest BCUT2D eigenvalue weighted by molar-refractivity contribution is 14.1. The number of rotatable bonds is 4. The predicted molar refractivity (Wildman–Crippen MR) is 123 cm³/mol. The summed E-state index contributed by atoms with van der Waals surface area (Å²) in [6.45, 7) is 2.08. The zero-order valence-corrected chi connectivity index (χ0v) is 18.7. The topological polar surface area (TPSA) is 30.8 Å². The van der Waals surface area contributed by atoms with Crippen molar-refractivity contribution in [2.45, 2.75) is 6.92 Å². The summed E-state index contributed by atoms with van der Waals surface area (Å²) < 4.78 is 13.6. The first-order valence-electron chi connectivity index (χ1n) is 7.98. The van der Waals surface area contributed by atoms with Gasteiger partial charge in [0, 0.05) is 5.56 Å². The smallest absolute Gasteiger partial charge is 0.227 e. The molecule has 0 radical (unpaired) electrons. The van der Waals surface area contributed by atoms with Gasteiger partial charge in [0.2, 0.25) is 5.90 Å². The maximum atomic E-state index is 6.28. The molecule has 0 aliphatic carbocycles. The first-order valence-corrected chi connectivity index (χ1v) is 10.1. The van der Waals surface area contributed by atoms with Crippen molar-refractivity contribution in [3.63, 3.8) is 0 Å². The van der Waals surface area contributed by atoms with E-state index in [0.29, 0.717) is 5.90 Å². The number of benzene rings is 3. The summed E-state index contributed by atoms with van der Waals surface area (Å²) in [5.74, 6) is 2.19. The maximum Gasteiger partial charge on any atom is 0.227 e. The van der Waals surface area contributed by atoms with Gasteiger partial charge in [-0.15, -0.1) is 0 Å². The molecule has 5 heteroatoms. The van der Waals surface area contributed by atoms with Gasteiger partial charge in [-0.2, -0.15) is 0 Å². The molecule has 0 bridgehead atoms. The van der Waals surface area contributed by atoms with E-state index in [0.717, 1.165) is 29.9 Å². The molecule has 0 fully saturated rings. The summed E-state index contributed by atoms with van der Waals surface area (Å²) in [4.78, 5) is 4.74. The van der Waals surface area contributed by atoms with Crippen molar-refractivity contribution in [3.8, 4) is 11.5 Å². The van der Waals surface area contributed by atoms with E-state index in [1.54, 1.807) is 7.11 Å². The Hall–Kier alpha value is -1.61. The minimum Gasteiger partial charge on any atom is -0.497 e. The van der Waals surface area contributed by atoms with Crippen LogP contribution in [0.15, 0.2) is 71.7 Å². The van der Waals surface area contributed by atoms with Crippen LogP contribution in [0.25, 0.3) is 0 Å². The molecule has 0 atom stereocenters. The molecule has 0 unspecified atom stereocenters. The van der Waals surface area contributed by atoms with Crippen LogP contribution in [0, 0.1) is 14.1 Å². The molecule has 3 aromatic carbocycles. The molecule has 0 aromatic heterocycles. The minimum absolute atomic E-state index is 0.565. The van der Waals surface area contributed by atoms with Crippen LogP contribution in [0.1, 0.15) is 11.1 Å². The highest BCUT2D eigenvalue weighted by Gasteiger charge is 2.13. The number of hydrogen-bond donors (Lipinski definition) is 0. The molecule has 0 spiro atoms. The van der Waals surface area contributed by atoms with E-state index in [4.69, 9.17) is 14.5 Å². The van der Waals surface area contributed by atoms with Crippen molar-refractivity contribution in [3.05, 3.63) is 85.0 Å². The SMILES string of the molecule is COc1ccc(N=C(Oc2c(I)cc(C)cc2I)c2ccccc2)cc1. The lowest BCUT2D eigenvalue weighted by atomic mass is 10.2. The van der Waals surface area contributed by atoms with Crippen molar-refractivity contribution in [1.82, 2.24) is 0 Å². The fourth-order valence-corrected chi connectivity index (χ4v) is 4.68. The molecule has 0 amide bonds. The van der Waals surface area contributed by atoms with Gasteiger partial charge < -0.3 is 9.47 Å². The van der Waals surface area contributed by atoms with Crippen LogP contribution in [0.4, 0.5) is 5.69 Å². The predicted octanol–water partition coefficient (Wildman–Crippen LogP) is 6.37. The summed E-state index contributed by atoms with van der Waals surface area (Å²) in [5.41, 5.74) is 2.94. The number of hydrogen-bond acceptors (Lipinski definition) is 3. The molecular weight excluding hydrogens is 552 g/mol. The second kappa shape index (κ2) is 8.85. The zero-order chi connectivity index (χ0) is 18.5. The monoisotopic (exact) mass is 569 g/mol. The summed E-state index contributed by atoms with van der Waals surface area (Å²) in [6, 6.07) is 21.7. The van der Waals surface area contributed by atoms with Gasteiger partial charge in [0.15, 0.2) is 5.75 Å². The zero-order valence-electron chi connectivity index (χ0n) is 14.4. The lowest BCUT2D eigenvalue weighted by Crippen LogP contribution is -2.12. The van der Waals surface area contributed by atoms with Gasteiger partial charge in [-0.1, -0.05) is 18.2 Å². The van der Waals surface area contributed by atoms with Crippen LogP contribution in [-0.2, 0) is 0 Å². The third-order valence-electron chi connectivity index (χ3n) is 3.67. The molecule has 0 aliphatic rings. The quantitative estimate of drug-likeness (QED) is 0.208. The van der Waals surface area contributed by atoms with Crippen LogP contribution in [0.3, 0.4) is 0 Å². The van der Waals surface area contributed by atoms with Gasteiger partial charge in [0.25, 0.3) is 0 Å². The largest absolute Gasteiger partial charge is 0.497 e. The standard InChI is InChI=1S/C21H17I2NO2/c1-14-12-18(22)20(19(23)13-14)26-21(15-6-4-3-5-7-15)24-16-8-10-17(25-2)11-9-16/h3-13H,1-2H3. The van der Waals surface area contributed by atoms with E-state index in [-0.39, 0.29) is 0 Å². The molecule has 3 aromatic rings. The molecule has 0 heterocycles. The Morgan fingerprint density at radius 3 is 2.08 bits per heavy atom. The van der Waals surface area contributed by atoms with Gasteiger partial charge in [0.05, 0.1) is 19.9 Å². The molecule has 0 saturated carbocycles. The number of halogens is 2. The lowest BCUT2D eigenvalue weighted by molar-refractivity contribution is 0.415. The lowest BCUT2D eigenvalue weighted by Gasteiger charge is -2.13. The molecule has 132 valence electrons. The van der Waals surface area contributed by atoms with E-state index in [2.05, 4.69) is 64.2 Å². The summed E-state index contributed by atoms with van der Waals surface area (Å²) in [6.07, 6.45) is 0.